The number of likely N-dealkylation sites (tertiary alicyclic amines) is 1. The Morgan fingerprint density at radius 1 is 1.21 bits per heavy atom. The smallest absolute Gasteiger partial charge is 0.0721 e. The fraction of sp³-hybridized carbons (Fsp3) is 1.00. The van der Waals surface area contributed by atoms with Crippen molar-refractivity contribution >= 4 is 0 Å². The normalized spacial score (nSPS) is 39.9. The van der Waals surface area contributed by atoms with E-state index in [1.165, 1.54) is 0 Å². The van der Waals surface area contributed by atoms with Crippen molar-refractivity contribution in [2.45, 2.75) is 32.4 Å². The van der Waals surface area contributed by atoms with Gasteiger partial charge in [0, 0.05) is 30.5 Å². The Morgan fingerprint density at radius 3 is 2.57 bits per heavy atom. The van der Waals surface area contributed by atoms with Gasteiger partial charge in [0.2, 0.25) is 0 Å². The summed E-state index contributed by atoms with van der Waals surface area (Å²) in [6.45, 7) is 10.1. The topological polar surface area (TPSA) is 32.7 Å². The van der Waals surface area contributed by atoms with Crippen LogP contribution in [-0.2, 0) is 4.74 Å². The van der Waals surface area contributed by atoms with Gasteiger partial charge in [-0.1, -0.05) is 0 Å². The van der Waals surface area contributed by atoms with Crippen LogP contribution in [0.2, 0.25) is 0 Å². The zero-order valence-corrected chi connectivity index (χ0v) is 9.36. The summed E-state index contributed by atoms with van der Waals surface area (Å²) in [5.41, 5.74) is 0.161. The lowest BCUT2D eigenvalue weighted by Gasteiger charge is -2.44. The fourth-order valence-electron chi connectivity index (χ4n) is 2.50. The van der Waals surface area contributed by atoms with Crippen molar-refractivity contribution in [2.24, 2.45) is 11.8 Å². The summed E-state index contributed by atoms with van der Waals surface area (Å²) in [7, 11) is 0. The van der Waals surface area contributed by atoms with Gasteiger partial charge in [-0.15, -0.1) is 0 Å². The molecular formula is C11H21NO2. The molecule has 2 fully saturated rings. The van der Waals surface area contributed by atoms with Crippen LogP contribution in [0, 0.1) is 11.8 Å². The lowest BCUT2D eigenvalue weighted by molar-refractivity contribution is -0.0312. The Labute approximate surface area is 86.0 Å². The minimum atomic E-state index is -0.199. The highest BCUT2D eigenvalue weighted by molar-refractivity contribution is 4.93. The summed E-state index contributed by atoms with van der Waals surface area (Å²) in [5, 5.41) is 9.99. The largest absolute Gasteiger partial charge is 0.391 e. The van der Waals surface area contributed by atoms with E-state index in [9.17, 15) is 5.11 Å². The van der Waals surface area contributed by atoms with E-state index in [0.29, 0.717) is 11.8 Å². The monoisotopic (exact) mass is 199 g/mol. The Balaban J connectivity index is 2.06. The van der Waals surface area contributed by atoms with Crippen molar-refractivity contribution in [3.63, 3.8) is 0 Å². The van der Waals surface area contributed by atoms with Crippen LogP contribution in [0.1, 0.15) is 20.8 Å². The van der Waals surface area contributed by atoms with Gasteiger partial charge in [-0.3, -0.25) is 4.90 Å². The standard InChI is InChI=1S/C11H21NO2/c1-11(2,3)12-4-8-6-14-7-9(8)10(13)5-12/h8-10,13H,4-7H2,1-3H3. The minimum Gasteiger partial charge on any atom is -0.391 e. The Morgan fingerprint density at radius 2 is 1.93 bits per heavy atom. The predicted octanol–water partition coefficient (Wildman–Crippen LogP) is 0.724. The van der Waals surface area contributed by atoms with Crippen molar-refractivity contribution in [1.82, 2.24) is 4.90 Å². The van der Waals surface area contributed by atoms with E-state index in [4.69, 9.17) is 4.74 Å². The maximum absolute atomic E-state index is 9.99. The molecule has 3 heteroatoms. The molecule has 3 nitrogen and oxygen atoms in total. The molecule has 0 aliphatic carbocycles. The van der Waals surface area contributed by atoms with Crippen molar-refractivity contribution in [2.75, 3.05) is 26.3 Å². The molecule has 0 aromatic carbocycles. The minimum absolute atomic E-state index is 0.161. The summed E-state index contributed by atoms with van der Waals surface area (Å²) < 4.78 is 5.44. The Bertz CT molecular complexity index is 212. The van der Waals surface area contributed by atoms with Crippen LogP contribution in [0.4, 0.5) is 0 Å². The van der Waals surface area contributed by atoms with E-state index < -0.39 is 0 Å². The third-order valence-corrected chi connectivity index (χ3v) is 3.55. The van der Waals surface area contributed by atoms with Crippen LogP contribution >= 0.6 is 0 Å². The van der Waals surface area contributed by atoms with E-state index in [-0.39, 0.29) is 11.6 Å². The Hall–Kier alpha value is -0.120. The summed E-state index contributed by atoms with van der Waals surface area (Å²) in [5.74, 6) is 0.923. The van der Waals surface area contributed by atoms with Gasteiger partial charge in [-0.05, 0) is 20.8 Å². The third-order valence-electron chi connectivity index (χ3n) is 3.55. The predicted molar refractivity (Wildman–Crippen MR) is 55.1 cm³/mol. The van der Waals surface area contributed by atoms with Gasteiger partial charge in [0.25, 0.3) is 0 Å². The zero-order valence-electron chi connectivity index (χ0n) is 9.36. The van der Waals surface area contributed by atoms with Crippen molar-refractivity contribution < 1.29 is 9.84 Å². The molecule has 0 aromatic rings. The van der Waals surface area contributed by atoms with Crippen LogP contribution in [0.15, 0.2) is 0 Å². The molecule has 0 spiro atoms. The number of nitrogens with zero attached hydrogens (tertiary/aromatic N) is 1. The number of fused-ring (bicyclic) bond motifs is 1. The fourth-order valence-corrected chi connectivity index (χ4v) is 2.50. The number of ether oxygens (including phenoxy) is 1. The van der Waals surface area contributed by atoms with Crippen LogP contribution in [0.5, 0.6) is 0 Å². The summed E-state index contributed by atoms with van der Waals surface area (Å²) in [4.78, 5) is 2.37. The number of rotatable bonds is 0. The maximum atomic E-state index is 9.99. The highest BCUT2D eigenvalue weighted by Crippen LogP contribution is 2.32. The van der Waals surface area contributed by atoms with E-state index in [1.54, 1.807) is 0 Å². The highest BCUT2D eigenvalue weighted by Gasteiger charge is 2.42. The average Bonchev–Trinajstić information content (AvgIpc) is 2.50. The SMILES string of the molecule is CC(C)(C)N1CC(O)C2COCC2C1. The molecular weight excluding hydrogens is 178 g/mol. The second-order valence-corrected chi connectivity index (χ2v) is 5.60. The molecule has 2 aliphatic heterocycles. The molecule has 0 radical (unpaired) electrons. The van der Waals surface area contributed by atoms with Gasteiger partial charge in [0.15, 0.2) is 0 Å². The lowest BCUT2D eigenvalue weighted by Crippen LogP contribution is -2.55. The molecule has 1 N–H and O–H groups in total. The third kappa shape index (κ3) is 1.81. The maximum Gasteiger partial charge on any atom is 0.0721 e. The molecule has 0 saturated carbocycles. The first-order chi connectivity index (χ1) is 6.48. The van der Waals surface area contributed by atoms with Gasteiger partial charge in [0.05, 0.1) is 19.3 Å². The molecule has 3 unspecified atom stereocenters. The van der Waals surface area contributed by atoms with Gasteiger partial charge >= 0.3 is 0 Å². The van der Waals surface area contributed by atoms with Gasteiger partial charge < -0.3 is 9.84 Å². The van der Waals surface area contributed by atoms with Crippen molar-refractivity contribution in [3.05, 3.63) is 0 Å². The van der Waals surface area contributed by atoms with Gasteiger partial charge in [0.1, 0.15) is 0 Å². The summed E-state index contributed by atoms with van der Waals surface area (Å²) in [6.07, 6.45) is -0.199. The molecule has 2 heterocycles. The number of β-amino-alcohol motifs (C(OH)–C–C–N with tert-alkyl or cyclic N) is 1. The van der Waals surface area contributed by atoms with Crippen LogP contribution in [0.25, 0.3) is 0 Å². The van der Waals surface area contributed by atoms with E-state index >= 15 is 0 Å². The number of hydrogen-bond acceptors (Lipinski definition) is 3. The number of aliphatic hydroxyl groups excluding tert-OH is 1. The lowest BCUT2D eigenvalue weighted by atomic mass is 9.84. The number of hydrogen-bond donors (Lipinski definition) is 1. The quantitative estimate of drug-likeness (QED) is 0.624. The van der Waals surface area contributed by atoms with Crippen molar-refractivity contribution in [1.29, 1.82) is 0 Å². The first-order valence-corrected chi connectivity index (χ1v) is 5.49. The molecule has 2 saturated heterocycles. The van der Waals surface area contributed by atoms with Crippen LogP contribution in [-0.4, -0.2) is 48.0 Å². The second kappa shape index (κ2) is 3.47. The summed E-state index contributed by atoms with van der Waals surface area (Å²) >= 11 is 0. The van der Waals surface area contributed by atoms with E-state index in [1.807, 2.05) is 0 Å². The molecule has 0 bridgehead atoms. The number of aliphatic hydroxyl groups is 1. The van der Waals surface area contributed by atoms with Crippen molar-refractivity contribution in [3.8, 4) is 0 Å². The van der Waals surface area contributed by atoms with E-state index in [0.717, 1.165) is 26.3 Å². The van der Waals surface area contributed by atoms with Gasteiger partial charge in [-0.2, -0.15) is 0 Å². The zero-order chi connectivity index (χ0) is 10.3. The first kappa shape index (κ1) is 10.4. The molecule has 0 aromatic heterocycles. The van der Waals surface area contributed by atoms with Crippen LogP contribution in [0.3, 0.4) is 0 Å². The second-order valence-electron chi connectivity index (χ2n) is 5.60. The van der Waals surface area contributed by atoms with Gasteiger partial charge in [-0.25, -0.2) is 0 Å². The highest BCUT2D eigenvalue weighted by atomic mass is 16.5. The van der Waals surface area contributed by atoms with E-state index in [2.05, 4.69) is 25.7 Å². The van der Waals surface area contributed by atoms with Crippen LogP contribution < -0.4 is 0 Å². The molecule has 0 amide bonds. The molecule has 14 heavy (non-hydrogen) atoms. The summed E-state index contributed by atoms with van der Waals surface area (Å²) in [6, 6.07) is 0. The Kier molecular flexibility index (Phi) is 2.58. The first-order valence-electron chi connectivity index (χ1n) is 5.49. The number of piperidine rings is 1. The molecule has 3 atom stereocenters. The molecule has 2 aliphatic rings. The molecule has 2 rings (SSSR count). The average molecular weight is 199 g/mol. The molecule has 82 valence electrons.